The van der Waals surface area contributed by atoms with E-state index in [1.165, 1.54) is 6.07 Å². The van der Waals surface area contributed by atoms with E-state index in [-0.39, 0.29) is 16.1 Å². The molecular weight excluding hydrogens is 478 g/mol. The van der Waals surface area contributed by atoms with Gasteiger partial charge < -0.3 is 15.0 Å². The van der Waals surface area contributed by atoms with E-state index in [9.17, 15) is 13.2 Å². The zero-order chi connectivity index (χ0) is 25.9. The third-order valence-corrected chi connectivity index (χ3v) is 7.24. The molecule has 1 fully saturated rings. The van der Waals surface area contributed by atoms with Gasteiger partial charge in [-0.15, -0.1) is 0 Å². The van der Waals surface area contributed by atoms with Crippen molar-refractivity contribution in [2.75, 3.05) is 23.4 Å². The van der Waals surface area contributed by atoms with Gasteiger partial charge >= 0.3 is 0 Å². The number of carbonyl (C=O) groups excluding carboxylic acids is 1. The van der Waals surface area contributed by atoms with E-state index in [2.05, 4.69) is 45.7 Å². The SMILES string of the molecule is CCOc1cccc(Nc2cccc(S(=O)(=O)NC(=O)c3cccnc3N3CC(C)CC3(C)C)n2)c1. The molecule has 1 amide bonds. The summed E-state index contributed by atoms with van der Waals surface area (Å²) in [5.74, 6) is 1.14. The zero-order valence-electron chi connectivity index (χ0n) is 20.9. The van der Waals surface area contributed by atoms with E-state index < -0.39 is 15.9 Å². The van der Waals surface area contributed by atoms with Crippen LogP contribution in [0.4, 0.5) is 17.3 Å². The number of sulfonamides is 1. The summed E-state index contributed by atoms with van der Waals surface area (Å²) in [5, 5.41) is 2.80. The standard InChI is InChI=1S/C26H31N5O4S/c1-5-35-20-10-6-9-19(15-20)28-22-12-7-13-23(29-22)36(33,34)30-25(32)21-11-8-14-27-24(21)31-17-18(2)16-26(31,3)4/h6-15,18H,5,16-17H2,1-4H3,(H,28,29)(H,30,32). The highest BCUT2D eigenvalue weighted by Gasteiger charge is 2.39. The lowest BCUT2D eigenvalue weighted by atomic mass is 9.97. The van der Waals surface area contributed by atoms with Gasteiger partial charge in [0.1, 0.15) is 17.4 Å². The summed E-state index contributed by atoms with van der Waals surface area (Å²) in [5.41, 5.74) is 0.683. The summed E-state index contributed by atoms with van der Waals surface area (Å²) in [6.45, 7) is 9.49. The number of anilines is 3. The van der Waals surface area contributed by atoms with Crippen LogP contribution in [-0.4, -0.2) is 43.0 Å². The molecular formula is C26H31N5O4S. The minimum absolute atomic E-state index is 0.199. The Morgan fingerprint density at radius 1 is 1.17 bits per heavy atom. The maximum Gasteiger partial charge on any atom is 0.281 e. The van der Waals surface area contributed by atoms with Crippen molar-refractivity contribution in [2.24, 2.45) is 5.92 Å². The van der Waals surface area contributed by atoms with Gasteiger partial charge in [-0.25, -0.2) is 14.7 Å². The molecule has 2 N–H and O–H groups in total. The number of nitrogens with zero attached hydrogens (tertiary/aromatic N) is 3. The Kier molecular flexibility index (Phi) is 7.16. The van der Waals surface area contributed by atoms with Gasteiger partial charge in [0.25, 0.3) is 15.9 Å². The average Bonchev–Trinajstić information content (AvgIpc) is 3.11. The third-order valence-electron chi connectivity index (χ3n) is 6.00. The Balaban J connectivity index is 1.55. The first-order valence-electron chi connectivity index (χ1n) is 11.9. The van der Waals surface area contributed by atoms with Crippen LogP contribution in [0.5, 0.6) is 5.75 Å². The molecule has 1 aromatic carbocycles. The second-order valence-corrected chi connectivity index (χ2v) is 11.1. The molecule has 0 radical (unpaired) electrons. The first-order chi connectivity index (χ1) is 17.1. The number of pyridine rings is 2. The minimum Gasteiger partial charge on any atom is -0.494 e. The van der Waals surface area contributed by atoms with Crippen molar-refractivity contribution in [3.05, 3.63) is 66.4 Å². The first kappa shape index (κ1) is 25.4. The molecule has 36 heavy (non-hydrogen) atoms. The van der Waals surface area contributed by atoms with Crippen LogP contribution in [0.3, 0.4) is 0 Å². The normalized spacial score (nSPS) is 17.0. The molecule has 3 aromatic rings. The minimum atomic E-state index is -4.24. The van der Waals surface area contributed by atoms with Gasteiger partial charge in [-0.3, -0.25) is 4.79 Å². The molecule has 4 rings (SSSR count). The van der Waals surface area contributed by atoms with E-state index in [0.717, 1.165) is 13.0 Å². The van der Waals surface area contributed by atoms with E-state index in [1.807, 2.05) is 25.1 Å². The average molecular weight is 510 g/mol. The van der Waals surface area contributed by atoms with Gasteiger partial charge in [-0.05, 0) is 69.5 Å². The quantitative estimate of drug-likeness (QED) is 0.460. The van der Waals surface area contributed by atoms with Crippen LogP contribution in [0.25, 0.3) is 0 Å². The summed E-state index contributed by atoms with van der Waals surface area (Å²) in [7, 11) is -4.24. The molecule has 3 heterocycles. The summed E-state index contributed by atoms with van der Waals surface area (Å²) in [6, 6.07) is 15.0. The number of hydrogen-bond acceptors (Lipinski definition) is 8. The summed E-state index contributed by atoms with van der Waals surface area (Å²) in [6.07, 6.45) is 2.55. The van der Waals surface area contributed by atoms with Crippen molar-refractivity contribution >= 4 is 33.3 Å². The van der Waals surface area contributed by atoms with Crippen molar-refractivity contribution in [3.63, 3.8) is 0 Å². The molecule has 2 aromatic heterocycles. The first-order valence-corrected chi connectivity index (χ1v) is 13.3. The fourth-order valence-corrected chi connectivity index (χ4v) is 5.53. The van der Waals surface area contributed by atoms with Gasteiger partial charge in [0.2, 0.25) is 0 Å². The van der Waals surface area contributed by atoms with Crippen LogP contribution < -0.4 is 19.7 Å². The lowest BCUT2D eigenvalue weighted by molar-refractivity contribution is 0.0981. The molecule has 1 aliphatic rings. The number of aromatic nitrogens is 2. The van der Waals surface area contributed by atoms with Crippen LogP contribution >= 0.6 is 0 Å². The van der Waals surface area contributed by atoms with Crippen molar-refractivity contribution in [2.45, 2.75) is 44.7 Å². The van der Waals surface area contributed by atoms with Gasteiger partial charge in [0.15, 0.2) is 5.03 Å². The number of carbonyl (C=O) groups is 1. The van der Waals surface area contributed by atoms with E-state index >= 15 is 0 Å². The molecule has 9 nitrogen and oxygen atoms in total. The third kappa shape index (κ3) is 5.59. The van der Waals surface area contributed by atoms with E-state index in [0.29, 0.717) is 35.6 Å². The highest BCUT2D eigenvalue weighted by atomic mass is 32.2. The summed E-state index contributed by atoms with van der Waals surface area (Å²) < 4.78 is 33.9. The fourth-order valence-electron chi connectivity index (χ4n) is 4.59. The largest absolute Gasteiger partial charge is 0.494 e. The number of benzene rings is 1. The Morgan fingerprint density at radius 3 is 2.67 bits per heavy atom. The van der Waals surface area contributed by atoms with Crippen molar-refractivity contribution < 1.29 is 17.9 Å². The van der Waals surface area contributed by atoms with Gasteiger partial charge in [-0.2, -0.15) is 8.42 Å². The highest BCUT2D eigenvalue weighted by Crippen LogP contribution is 2.37. The van der Waals surface area contributed by atoms with E-state index in [4.69, 9.17) is 4.74 Å². The van der Waals surface area contributed by atoms with Gasteiger partial charge in [-0.1, -0.05) is 19.1 Å². The van der Waals surface area contributed by atoms with Gasteiger partial charge in [0, 0.05) is 30.0 Å². The Bertz CT molecular complexity index is 1360. The lowest BCUT2D eigenvalue weighted by Gasteiger charge is -2.33. The number of hydrogen-bond donors (Lipinski definition) is 2. The summed E-state index contributed by atoms with van der Waals surface area (Å²) >= 11 is 0. The molecule has 0 bridgehead atoms. The molecule has 1 atom stereocenters. The monoisotopic (exact) mass is 509 g/mol. The number of amides is 1. The smallest absolute Gasteiger partial charge is 0.281 e. The van der Waals surface area contributed by atoms with E-state index in [1.54, 1.807) is 36.5 Å². The molecule has 1 unspecified atom stereocenters. The Hall–Kier alpha value is -3.66. The second-order valence-electron chi connectivity index (χ2n) is 9.49. The molecule has 0 spiro atoms. The number of rotatable bonds is 8. The van der Waals surface area contributed by atoms with Gasteiger partial charge in [0.05, 0.1) is 12.2 Å². The van der Waals surface area contributed by atoms with Crippen molar-refractivity contribution in [3.8, 4) is 5.75 Å². The molecule has 10 heteroatoms. The second kappa shape index (κ2) is 10.1. The molecule has 0 saturated carbocycles. The molecule has 190 valence electrons. The fraction of sp³-hybridized carbons (Fsp3) is 0.346. The van der Waals surface area contributed by atoms with Crippen molar-refractivity contribution in [1.29, 1.82) is 0 Å². The molecule has 1 aliphatic heterocycles. The maximum absolute atomic E-state index is 13.2. The summed E-state index contributed by atoms with van der Waals surface area (Å²) in [4.78, 5) is 23.9. The van der Waals surface area contributed by atoms with Crippen LogP contribution in [-0.2, 0) is 10.0 Å². The Labute approximate surface area is 212 Å². The van der Waals surface area contributed by atoms with Crippen LogP contribution in [0.2, 0.25) is 0 Å². The number of nitrogens with one attached hydrogen (secondary N) is 2. The maximum atomic E-state index is 13.2. The van der Waals surface area contributed by atoms with Crippen LogP contribution in [0.1, 0.15) is 44.5 Å². The van der Waals surface area contributed by atoms with Crippen molar-refractivity contribution in [1.82, 2.24) is 14.7 Å². The Morgan fingerprint density at radius 2 is 1.94 bits per heavy atom. The molecule has 1 saturated heterocycles. The molecule has 0 aliphatic carbocycles. The van der Waals surface area contributed by atoms with Crippen LogP contribution in [0.15, 0.2) is 65.8 Å². The van der Waals surface area contributed by atoms with Crippen LogP contribution in [0, 0.1) is 5.92 Å². The predicted molar refractivity (Wildman–Crippen MR) is 139 cm³/mol. The highest BCUT2D eigenvalue weighted by molar-refractivity contribution is 7.90. The predicted octanol–water partition coefficient (Wildman–Crippen LogP) is 4.36. The zero-order valence-corrected chi connectivity index (χ0v) is 21.7. The number of ether oxygens (including phenoxy) is 1. The topological polar surface area (TPSA) is 114 Å². The lowest BCUT2D eigenvalue weighted by Crippen LogP contribution is -2.41.